The van der Waals surface area contributed by atoms with E-state index in [9.17, 15) is 9.18 Å². The lowest BCUT2D eigenvalue weighted by molar-refractivity contribution is 0.0949. The number of hydrogen-bond acceptors (Lipinski definition) is 4. The maximum Gasteiger partial charge on any atom is 0.270 e. The molecule has 0 aliphatic rings. The van der Waals surface area contributed by atoms with Gasteiger partial charge in [0, 0.05) is 11.9 Å². The molecule has 106 valence electrons. The number of aromatic nitrogens is 1. The molecule has 1 aromatic heterocycles. The summed E-state index contributed by atoms with van der Waals surface area (Å²) in [4.78, 5) is 16.0. The van der Waals surface area contributed by atoms with Crippen LogP contribution >= 0.6 is 11.3 Å². The highest BCUT2D eigenvalue weighted by Crippen LogP contribution is 2.15. The third-order valence-electron chi connectivity index (χ3n) is 2.73. The number of benzene rings is 1. The number of carbonyl (C=O) groups excluding carboxylic acids is 1. The molecule has 20 heavy (non-hydrogen) atoms. The van der Waals surface area contributed by atoms with Gasteiger partial charge in [0.1, 0.15) is 16.5 Å². The van der Waals surface area contributed by atoms with Gasteiger partial charge in [-0.3, -0.25) is 4.79 Å². The minimum absolute atomic E-state index is 0.172. The van der Waals surface area contributed by atoms with Crippen LogP contribution in [0.1, 0.15) is 34.0 Å². The van der Waals surface area contributed by atoms with Crippen molar-refractivity contribution in [3.63, 3.8) is 0 Å². The van der Waals surface area contributed by atoms with Crippen molar-refractivity contribution in [1.29, 1.82) is 0 Å². The van der Waals surface area contributed by atoms with Crippen molar-refractivity contribution in [2.45, 2.75) is 19.4 Å². The molecule has 1 amide bonds. The first kappa shape index (κ1) is 14.6. The Bertz CT molecular complexity index is 598. The highest BCUT2D eigenvalue weighted by molar-refractivity contribution is 7.09. The first-order chi connectivity index (χ1) is 9.56. The molecule has 0 fully saturated rings. The molecule has 1 heterocycles. The molecule has 2 aromatic rings. The van der Waals surface area contributed by atoms with E-state index in [0.29, 0.717) is 18.7 Å². The molecular weight excluding hydrogens is 277 g/mol. The maximum absolute atomic E-state index is 13.0. The normalized spacial score (nSPS) is 12.2. The first-order valence-corrected chi connectivity index (χ1v) is 7.18. The number of nitrogens with two attached hydrogens (primary N) is 1. The standard InChI is InChI=1S/C14H16FN3OS/c1-9(16)14-18-12(8-20-14)13(19)17-6-5-10-3-2-4-11(15)7-10/h2-4,7-9H,5-6,16H2,1H3,(H,17,19). The SMILES string of the molecule is CC(N)c1nc(C(=O)NCCc2cccc(F)c2)cs1. The second-order valence-corrected chi connectivity index (χ2v) is 5.39. The Morgan fingerprint density at radius 2 is 2.35 bits per heavy atom. The van der Waals surface area contributed by atoms with Gasteiger partial charge in [0.25, 0.3) is 5.91 Å². The highest BCUT2D eigenvalue weighted by atomic mass is 32.1. The van der Waals surface area contributed by atoms with E-state index >= 15 is 0 Å². The molecule has 0 bridgehead atoms. The van der Waals surface area contributed by atoms with Gasteiger partial charge in [-0.25, -0.2) is 9.37 Å². The fourth-order valence-corrected chi connectivity index (χ4v) is 2.46. The van der Waals surface area contributed by atoms with Crippen LogP contribution in [0.3, 0.4) is 0 Å². The average molecular weight is 293 g/mol. The van der Waals surface area contributed by atoms with Crippen LogP contribution < -0.4 is 11.1 Å². The molecule has 1 aromatic carbocycles. The molecule has 6 heteroatoms. The summed E-state index contributed by atoms with van der Waals surface area (Å²) in [7, 11) is 0. The van der Waals surface area contributed by atoms with Crippen molar-refractivity contribution in [1.82, 2.24) is 10.3 Å². The molecule has 0 saturated carbocycles. The van der Waals surface area contributed by atoms with Crippen molar-refractivity contribution in [2.24, 2.45) is 5.73 Å². The first-order valence-electron chi connectivity index (χ1n) is 6.30. The maximum atomic E-state index is 13.0. The van der Waals surface area contributed by atoms with Gasteiger partial charge in [-0.2, -0.15) is 0 Å². The largest absolute Gasteiger partial charge is 0.350 e. The monoisotopic (exact) mass is 293 g/mol. The van der Waals surface area contributed by atoms with Crippen molar-refractivity contribution in [3.8, 4) is 0 Å². The number of amides is 1. The number of carbonyl (C=O) groups is 1. The summed E-state index contributed by atoms with van der Waals surface area (Å²) in [5, 5.41) is 5.19. The third-order valence-corrected chi connectivity index (χ3v) is 3.78. The van der Waals surface area contributed by atoms with Crippen LogP contribution in [0.25, 0.3) is 0 Å². The lowest BCUT2D eigenvalue weighted by Crippen LogP contribution is -2.26. The van der Waals surface area contributed by atoms with Gasteiger partial charge < -0.3 is 11.1 Å². The molecule has 1 unspecified atom stereocenters. The minimum Gasteiger partial charge on any atom is -0.350 e. The van der Waals surface area contributed by atoms with Crippen molar-refractivity contribution >= 4 is 17.2 Å². The highest BCUT2D eigenvalue weighted by Gasteiger charge is 2.12. The summed E-state index contributed by atoms with van der Waals surface area (Å²) >= 11 is 1.37. The average Bonchev–Trinajstić information content (AvgIpc) is 2.88. The van der Waals surface area contributed by atoms with Crippen LogP contribution in [-0.4, -0.2) is 17.4 Å². The third kappa shape index (κ3) is 3.85. The zero-order valence-corrected chi connectivity index (χ0v) is 11.9. The van der Waals surface area contributed by atoms with Crippen LogP contribution in [-0.2, 0) is 6.42 Å². The zero-order chi connectivity index (χ0) is 14.5. The lowest BCUT2D eigenvalue weighted by atomic mass is 10.1. The van der Waals surface area contributed by atoms with Crippen molar-refractivity contribution in [3.05, 3.63) is 51.7 Å². The molecule has 0 saturated heterocycles. The predicted octanol–water partition coefficient (Wildman–Crippen LogP) is 2.27. The fraction of sp³-hybridized carbons (Fsp3) is 0.286. The number of thiazole rings is 1. The van der Waals surface area contributed by atoms with E-state index < -0.39 is 0 Å². The number of nitrogens with one attached hydrogen (secondary N) is 1. The van der Waals surface area contributed by atoms with E-state index in [-0.39, 0.29) is 17.8 Å². The molecule has 0 aliphatic heterocycles. The van der Waals surface area contributed by atoms with E-state index in [1.54, 1.807) is 11.4 Å². The summed E-state index contributed by atoms with van der Waals surface area (Å²) in [5.41, 5.74) is 6.92. The van der Waals surface area contributed by atoms with Gasteiger partial charge in [-0.1, -0.05) is 12.1 Å². The molecule has 1 atom stereocenters. The van der Waals surface area contributed by atoms with E-state index in [0.717, 1.165) is 10.6 Å². The molecule has 3 N–H and O–H groups in total. The second kappa shape index (κ2) is 6.58. The van der Waals surface area contributed by atoms with Gasteiger partial charge >= 0.3 is 0 Å². The smallest absolute Gasteiger partial charge is 0.270 e. The summed E-state index contributed by atoms with van der Waals surface area (Å²) < 4.78 is 13.0. The predicted molar refractivity (Wildman–Crippen MR) is 77.2 cm³/mol. The second-order valence-electron chi connectivity index (χ2n) is 4.50. The van der Waals surface area contributed by atoms with Crippen LogP contribution in [0.4, 0.5) is 4.39 Å². The summed E-state index contributed by atoms with van der Waals surface area (Å²) in [5.74, 6) is -0.501. The molecule has 2 rings (SSSR count). The number of nitrogens with zero attached hydrogens (tertiary/aromatic N) is 1. The van der Waals surface area contributed by atoms with Crippen molar-refractivity contribution in [2.75, 3.05) is 6.54 Å². The number of halogens is 1. The van der Waals surface area contributed by atoms with Crippen LogP contribution in [0.15, 0.2) is 29.6 Å². The molecule has 0 spiro atoms. The molecule has 4 nitrogen and oxygen atoms in total. The van der Waals surface area contributed by atoms with Crippen LogP contribution in [0.2, 0.25) is 0 Å². The Morgan fingerprint density at radius 1 is 1.55 bits per heavy atom. The molecule has 0 radical (unpaired) electrons. The van der Waals surface area contributed by atoms with Gasteiger partial charge in [0.15, 0.2) is 0 Å². The van der Waals surface area contributed by atoms with Crippen LogP contribution in [0.5, 0.6) is 0 Å². The van der Waals surface area contributed by atoms with Gasteiger partial charge in [0.2, 0.25) is 0 Å². The fourth-order valence-electron chi connectivity index (χ4n) is 1.70. The van der Waals surface area contributed by atoms with E-state index in [4.69, 9.17) is 5.73 Å². The summed E-state index contributed by atoms with van der Waals surface area (Å²) in [6.07, 6.45) is 0.577. The van der Waals surface area contributed by atoms with E-state index in [2.05, 4.69) is 10.3 Å². The van der Waals surface area contributed by atoms with Gasteiger partial charge in [-0.05, 0) is 31.0 Å². The van der Waals surface area contributed by atoms with Gasteiger partial charge in [0.05, 0.1) is 6.04 Å². The Balaban J connectivity index is 1.85. The Labute approximate surface area is 120 Å². The number of hydrogen-bond donors (Lipinski definition) is 2. The summed E-state index contributed by atoms with van der Waals surface area (Å²) in [6.45, 7) is 2.26. The van der Waals surface area contributed by atoms with Crippen molar-refractivity contribution < 1.29 is 9.18 Å². The minimum atomic E-state index is -0.269. The Morgan fingerprint density at radius 3 is 3.00 bits per heavy atom. The Kier molecular flexibility index (Phi) is 4.81. The molecule has 0 aliphatic carbocycles. The lowest BCUT2D eigenvalue weighted by Gasteiger charge is -2.04. The van der Waals surface area contributed by atoms with E-state index in [1.165, 1.54) is 23.5 Å². The quantitative estimate of drug-likeness (QED) is 0.888. The van der Waals surface area contributed by atoms with Gasteiger partial charge in [-0.15, -0.1) is 11.3 Å². The van der Waals surface area contributed by atoms with Crippen LogP contribution in [0, 0.1) is 5.82 Å². The van der Waals surface area contributed by atoms with E-state index in [1.807, 2.05) is 13.0 Å². The number of rotatable bonds is 5. The molecular formula is C14H16FN3OS. The Hall–Kier alpha value is -1.79. The summed E-state index contributed by atoms with van der Waals surface area (Å²) in [6, 6.07) is 6.17. The topological polar surface area (TPSA) is 68.0 Å². The zero-order valence-electron chi connectivity index (χ0n) is 11.1.